The highest BCUT2D eigenvalue weighted by Crippen LogP contribution is 2.35. The SMILES string of the molecule is CCc1cc(Oc2cc(N)cc(C(F)(F)F)c2)ccc1Cl. The lowest BCUT2D eigenvalue weighted by atomic mass is 10.1. The fraction of sp³-hybridized carbons (Fsp3) is 0.200. The Morgan fingerprint density at radius 1 is 1.10 bits per heavy atom. The van der Waals surface area contributed by atoms with Crippen LogP contribution in [0.15, 0.2) is 36.4 Å². The molecule has 0 spiro atoms. The summed E-state index contributed by atoms with van der Waals surface area (Å²) in [6, 6.07) is 8.06. The molecule has 0 aliphatic carbocycles. The van der Waals surface area contributed by atoms with E-state index in [2.05, 4.69) is 0 Å². The Hall–Kier alpha value is -1.88. The predicted molar refractivity (Wildman–Crippen MR) is 76.8 cm³/mol. The summed E-state index contributed by atoms with van der Waals surface area (Å²) in [7, 11) is 0. The Bertz CT molecular complexity index is 656. The van der Waals surface area contributed by atoms with Gasteiger partial charge in [-0.2, -0.15) is 13.2 Å². The lowest BCUT2D eigenvalue weighted by Gasteiger charge is -2.12. The predicted octanol–water partition coefficient (Wildman–Crippen LogP) is 5.30. The number of benzene rings is 2. The van der Waals surface area contributed by atoms with Crippen molar-refractivity contribution in [2.75, 3.05) is 5.73 Å². The van der Waals surface area contributed by atoms with Gasteiger partial charge in [0.05, 0.1) is 5.56 Å². The van der Waals surface area contributed by atoms with Crippen molar-refractivity contribution in [1.29, 1.82) is 0 Å². The number of aryl methyl sites for hydroxylation is 1. The van der Waals surface area contributed by atoms with Crippen LogP contribution in [0.3, 0.4) is 0 Å². The smallest absolute Gasteiger partial charge is 0.416 e. The van der Waals surface area contributed by atoms with Gasteiger partial charge >= 0.3 is 6.18 Å². The van der Waals surface area contributed by atoms with Gasteiger partial charge in [0.2, 0.25) is 0 Å². The van der Waals surface area contributed by atoms with E-state index in [9.17, 15) is 13.2 Å². The Morgan fingerprint density at radius 3 is 2.43 bits per heavy atom. The zero-order valence-electron chi connectivity index (χ0n) is 11.2. The number of halogens is 4. The number of nitrogen functional groups attached to an aromatic ring is 1. The molecule has 0 heterocycles. The normalized spacial score (nSPS) is 11.5. The first kappa shape index (κ1) is 15.5. The van der Waals surface area contributed by atoms with Gasteiger partial charge in [-0.3, -0.25) is 0 Å². The van der Waals surface area contributed by atoms with Crippen molar-refractivity contribution in [2.45, 2.75) is 19.5 Å². The molecule has 112 valence electrons. The van der Waals surface area contributed by atoms with E-state index in [1.54, 1.807) is 18.2 Å². The number of ether oxygens (including phenoxy) is 1. The van der Waals surface area contributed by atoms with Crippen molar-refractivity contribution >= 4 is 17.3 Å². The van der Waals surface area contributed by atoms with Crippen molar-refractivity contribution in [2.24, 2.45) is 0 Å². The molecule has 0 saturated heterocycles. The molecule has 0 saturated carbocycles. The van der Waals surface area contributed by atoms with Crippen LogP contribution in [0.25, 0.3) is 0 Å². The summed E-state index contributed by atoms with van der Waals surface area (Å²) in [5.41, 5.74) is 5.49. The summed E-state index contributed by atoms with van der Waals surface area (Å²) in [6.45, 7) is 1.92. The minimum Gasteiger partial charge on any atom is -0.457 e. The maximum absolute atomic E-state index is 12.7. The highest BCUT2D eigenvalue weighted by molar-refractivity contribution is 6.31. The second-order valence-electron chi connectivity index (χ2n) is 4.50. The molecule has 0 fully saturated rings. The fourth-order valence-electron chi connectivity index (χ4n) is 1.87. The molecule has 0 aliphatic heterocycles. The van der Waals surface area contributed by atoms with Gasteiger partial charge in [0, 0.05) is 16.8 Å². The summed E-state index contributed by atoms with van der Waals surface area (Å²) in [4.78, 5) is 0. The van der Waals surface area contributed by atoms with Crippen molar-refractivity contribution in [3.05, 3.63) is 52.5 Å². The van der Waals surface area contributed by atoms with Crippen molar-refractivity contribution in [3.8, 4) is 11.5 Å². The van der Waals surface area contributed by atoms with E-state index >= 15 is 0 Å². The van der Waals surface area contributed by atoms with Crippen molar-refractivity contribution < 1.29 is 17.9 Å². The average molecular weight is 316 g/mol. The number of alkyl halides is 3. The van der Waals surface area contributed by atoms with Crippen LogP contribution in [0, 0.1) is 0 Å². The maximum Gasteiger partial charge on any atom is 0.416 e. The number of anilines is 1. The lowest BCUT2D eigenvalue weighted by Crippen LogP contribution is -2.06. The third-order valence-electron chi connectivity index (χ3n) is 2.89. The van der Waals surface area contributed by atoms with Crippen LogP contribution in [0.4, 0.5) is 18.9 Å². The van der Waals surface area contributed by atoms with E-state index in [-0.39, 0.29) is 11.4 Å². The third kappa shape index (κ3) is 3.82. The largest absolute Gasteiger partial charge is 0.457 e. The summed E-state index contributed by atoms with van der Waals surface area (Å²) >= 11 is 5.99. The van der Waals surface area contributed by atoms with Crippen molar-refractivity contribution in [3.63, 3.8) is 0 Å². The van der Waals surface area contributed by atoms with Gasteiger partial charge < -0.3 is 10.5 Å². The van der Waals surface area contributed by atoms with E-state index in [1.807, 2.05) is 6.92 Å². The molecular formula is C15H13ClF3NO. The van der Waals surface area contributed by atoms with Crippen LogP contribution in [-0.4, -0.2) is 0 Å². The minimum absolute atomic E-state index is 0.00972. The molecule has 0 aromatic heterocycles. The summed E-state index contributed by atoms with van der Waals surface area (Å²) in [5, 5.41) is 0.591. The highest BCUT2D eigenvalue weighted by atomic mass is 35.5. The van der Waals surface area contributed by atoms with E-state index in [0.717, 1.165) is 17.7 Å². The van der Waals surface area contributed by atoms with E-state index in [4.69, 9.17) is 22.1 Å². The van der Waals surface area contributed by atoms with E-state index in [0.29, 0.717) is 17.2 Å². The fourth-order valence-corrected chi connectivity index (χ4v) is 2.12. The summed E-state index contributed by atoms with van der Waals surface area (Å²) < 4.78 is 43.6. The minimum atomic E-state index is -4.47. The second kappa shape index (κ2) is 5.85. The van der Waals surface area contributed by atoms with Gasteiger partial charge in [-0.1, -0.05) is 18.5 Å². The van der Waals surface area contributed by atoms with Gasteiger partial charge in [-0.15, -0.1) is 0 Å². The van der Waals surface area contributed by atoms with Gasteiger partial charge in [-0.05, 0) is 42.3 Å². The monoisotopic (exact) mass is 315 g/mol. The molecule has 0 atom stereocenters. The average Bonchev–Trinajstić information content (AvgIpc) is 2.39. The molecular weight excluding hydrogens is 303 g/mol. The van der Waals surface area contributed by atoms with Crippen LogP contribution in [0.5, 0.6) is 11.5 Å². The maximum atomic E-state index is 12.7. The Labute approximate surface area is 125 Å². The molecule has 0 bridgehead atoms. The summed E-state index contributed by atoms with van der Waals surface area (Å²) in [6.07, 6.45) is -3.77. The van der Waals surface area contributed by atoms with E-state index in [1.165, 1.54) is 6.07 Å². The van der Waals surface area contributed by atoms with Crippen LogP contribution in [-0.2, 0) is 12.6 Å². The highest BCUT2D eigenvalue weighted by Gasteiger charge is 2.31. The Morgan fingerprint density at radius 2 is 1.81 bits per heavy atom. The Kier molecular flexibility index (Phi) is 4.32. The number of nitrogens with two attached hydrogens (primary N) is 1. The molecule has 2 aromatic rings. The van der Waals surface area contributed by atoms with Crippen LogP contribution < -0.4 is 10.5 Å². The lowest BCUT2D eigenvalue weighted by molar-refractivity contribution is -0.137. The zero-order chi connectivity index (χ0) is 15.6. The molecule has 6 heteroatoms. The molecule has 2 rings (SSSR count). The second-order valence-corrected chi connectivity index (χ2v) is 4.90. The molecule has 0 unspecified atom stereocenters. The number of hydrogen-bond acceptors (Lipinski definition) is 2. The molecule has 2 aromatic carbocycles. The topological polar surface area (TPSA) is 35.2 Å². The number of hydrogen-bond donors (Lipinski definition) is 1. The first-order valence-electron chi connectivity index (χ1n) is 6.23. The zero-order valence-corrected chi connectivity index (χ0v) is 11.9. The van der Waals surface area contributed by atoms with Gasteiger partial charge in [0.1, 0.15) is 11.5 Å². The molecule has 0 radical (unpaired) electrons. The molecule has 2 N–H and O–H groups in total. The molecule has 21 heavy (non-hydrogen) atoms. The first-order valence-corrected chi connectivity index (χ1v) is 6.61. The van der Waals surface area contributed by atoms with Gasteiger partial charge in [-0.25, -0.2) is 0 Å². The third-order valence-corrected chi connectivity index (χ3v) is 3.26. The van der Waals surface area contributed by atoms with Crippen molar-refractivity contribution in [1.82, 2.24) is 0 Å². The molecule has 0 amide bonds. The van der Waals surface area contributed by atoms with Gasteiger partial charge in [0.25, 0.3) is 0 Å². The first-order chi connectivity index (χ1) is 9.79. The van der Waals surface area contributed by atoms with Crippen LogP contribution in [0.1, 0.15) is 18.1 Å². The van der Waals surface area contributed by atoms with E-state index < -0.39 is 11.7 Å². The standard InChI is InChI=1S/C15H13ClF3NO/c1-2-9-5-12(3-4-14(9)16)21-13-7-10(15(17,18)19)6-11(20)8-13/h3-8H,2,20H2,1H3. The number of rotatable bonds is 3. The molecule has 0 aliphatic rings. The summed E-state index contributed by atoms with van der Waals surface area (Å²) in [5.74, 6) is 0.446. The van der Waals surface area contributed by atoms with Crippen LogP contribution in [0.2, 0.25) is 5.02 Å². The van der Waals surface area contributed by atoms with Gasteiger partial charge in [0.15, 0.2) is 0 Å². The quantitative estimate of drug-likeness (QED) is 0.780. The Balaban J connectivity index is 2.33. The van der Waals surface area contributed by atoms with Crippen LogP contribution >= 0.6 is 11.6 Å². The molecule has 2 nitrogen and oxygen atoms in total.